The van der Waals surface area contributed by atoms with Crippen LogP contribution in [0.5, 0.6) is 0 Å². The fraction of sp³-hybridized carbons (Fsp3) is 0.231. The number of nitrogens with two attached hydrogens (primary N) is 1. The number of rotatable bonds is 5. The average molecular weight is 241 g/mol. The summed E-state index contributed by atoms with van der Waals surface area (Å²) >= 11 is 0. The Kier molecular flexibility index (Phi) is 4.07. The molecule has 0 aliphatic heterocycles. The number of aromatic nitrogens is 3. The lowest BCUT2D eigenvalue weighted by Crippen LogP contribution is -2.28. The molecule has 18 heavy (non-hydrogen) atoms. The van der Waals surface area contributed by atoms with Gasteiger partial charge in [-0.3, -0.25) is 11.3 Å². The van der Waals surface area contributed by atoms with Gasteiger partial charge < -0.3 is 0 Å². The first-order valence-corrected chi connectivity index (χ1v) is 5.72. The zero-order valence-electron chi connectivity index (χ0n) is 9.95. The highest BCUT2D eigenvalue weighted by Gasteiger charge is 2.13. The van der Waals surface area contributed by atoms with Crippen LogP contribution in [0.15, 0.2) is 36.5 Å². The van der Waals surface area contributed by atoms with E-state index in [0.717, 1.165) is 17.8 Å². The predicted molar refractivity (Wildman–Crippen MR) is 69.5 cm³/mol. The average Bonchev–Trinajstić information content (AvgIpc) is 2.90. The Morgan fingerprint density at radius 2 is 2.17 bits per heavy atom. The van der Waals surface area contributed by atoms with Crippen molar-refractivity contribution in [2.75, 3.05) is 0 Å². The third kappa shape index (κ3) is 2.74. The summed E-state index contributed by atoms with van der Waals surface area (Å²) in [5.74, 6) is 8.09. The van der Waals surface area contributed by atoms with E-state index in [1.165, 1.54) is 0 Å². The minimum Gasteiger partial charge on any atom is -0.271 e. The number of hydrogen-bond acceptors (Lipinski definition) is 4. The van der Waals surface area contributed by atoms with Crippen LogP contribution < -0.4 is 11.3 Å². The van der Waals surface area contributed by atoms with Crippen molar-refractivity contribution in [2.24, 2.45) is 5.84 Å². The number of para-hydroxylation sites is 1. The summed E-state index contributed by atoms with van der Waals surface area (Å²) in [4.78, 5) is 1.58. The van der Waals surface area contributed by atoms with E-state index in [9.17, 15) is 0 Å². The SMILES string of the molecule is C#CCCC(NN)c1cnn(-c2ccccc2)n1. The number of nitrogens with one attached hydrogen (secondary N) is 1. The molecule has 5 heteroatoms. The Bertz CT molecular complexity index is 526. The van der Waals surface area contributed by atoms with Crippen LogP contribution in [0.25, 0.3) is 5.69 Å². The second kappa shape index (κ2) is 5.96. The van der Waals surface area contributed by atoms with Gasteiger partial charge in [-0.2, -0.15) is 15.0 Å². The lowest BCUT2D eigenvalue weighted by molar-refractivity contribution is 0.507. The highest BCUT2D eigenvalue weighted by atomic mass is 15.5. The summed E-state index contributed by atoms with van der Waals surface area (Å²) in [7, 11) is 0. The fourth-order valence-electron chi connectivity index (χ4n) is 1.66. The summed E-state index contributed by atoms with van der Waals surface area (Å²) in [5.41, 5.74) is 4.41. The Morgan fingerprint density at radius 1 is 1.39 bits per heavy atom. The standard InChI is InChI=1S/C13H15N5/c1-2-3-9-12(16-14)13-10-15-18(17-13)11-7-5-4-6-8-11/h1,4-8,10,12,16H,3,9,14H2. The lowest BCUT2D eigenvalue weighted by Gasteiger charge is -2.10. The van der Waals surface area contributed by atoms with Crippen molar-refractivity contribution >= 4 is 0 Å². The van der Waals surface area contributed by atoms with Gasteiger partial charge in [0, 0.05) is 6.42 Å². The van der Waals surface area contributed by atoms with Crippen LogP contribution in [0.4, 0.5) is 0 Å². The molecule has 0 saturated heterocycles. The van der Waals surface area contributed by atoms with Crippen LogP contribution in [-0.2, 0) is 0 Å². The van der Waals surface area contributed by atoms with Crippen molar-refractivity contribution in [2.45, 2.75) is 18.9 Å². The zero-order valence-corrected chi connectivity index (χ0v) is 9.95. The van der Waals surface area contributed by atoms with Crippen molar-refractivity contribution in [1.29, 1.82) is 0 Å². The molecule has 0 saturated carbocycles. The third-order valence-corrected chi connectivity index (χ3v) is 2.63. The molecule has 1 heterocycles. The van der Waals surface area contributed by atoms with E-state index >= 15 is 0 Å². The number of terminal acetylenes is 1. The fourth-order valence-corrected chi connectivity index (χ4v) is 1.66. The van der Waals surface area contributed by atoms with E-state index < -0.39 is 0 Å². The van der Waals surface area contributed by atoms with E-state index in [-0.39, 0.29) is 6.04 Å². The van der Waals surface area contributed by atoms with Crippen LogP contribution in [0.3, 0.4) is 0 Å². The van der Waals surface area contributed by atoms with Gasteiger partial charge in [0.1, 0.15) is 5.69 Å². The van der Waals surface area contributed by atoms with E-state index in [4.69, 9.17) is 12.3 Å². The molecule has 3 N–H and O–H groups in total. The van der Waals surface area contributed by atoms with Crippen molar-refractivity contribution < 1.29 is 0 Å². The van der Waals surface area contributed by atoms with E-state index in [2.05, 4.69) is 21.5 Å². The maximum absolute atomic E-state index is 5.50. The maximum Gasteiger partial charge on any atom is 0.101 e. The molecule has 0 aliphatic carbocycles. The molecule has 0 aliphatic rings. The molecule has 0 fully saturated rings. The number of hydrazine groups is 1. The van der Waals surface area contributed by atoms with Gasteiger partial charge in [-0.25, -0.2) is 0 Å². The molecule has 0 spiro atoms. The first kappa shape index (κ1) is 12.3. The number of nitrogens with zero attached hydrogens (tertiary/aromatic N) is 3. The monoisotopic (exact) mass is 241 g/mol. The first-order valence-electron chi connectivity index (χ1n) is 5.72. The van der Waals surface area contributed by atoms with Crippen LogP contribution in [0, 0.1) is 12.3 Å². The van der Waals surface area contributed by atoms with Crippen molar-refractivity contribution in [3.05, 3.63) is 42.2 Å². The molecule has 0 bridgehead atoms. The second-order valence-electron chi connectivity index (χ2n) is 3.86. The topological polar surface area (TPSA) is 68.8 Å². The molecule has 0 amide bonds. The molecule has 0 radical (unpaired) electrons. The Morgan fingerprint density at radius 3 is 2.83 bits per heavy atom. The van der Waals surface area contributed by atoms with Crippen LogP contribution in [0.2, 0.25) is 0 Å². The molecule has 2 aromatic rings. The van der Waals surface area contributed by atoms with Crippen LogP contribution >= 0.6 is 0 Å². The lowest BCUT2D eigenvalue weighted by atomic mass is 10.1. The van der Waals surface area contributed by atoms with Gasteiger partial charge in [0.05, 0.1) is 17.9 Å². The molecular formula is C13H15N5. The van der Waals surface area contributed by atoms with Gasteiger partial charge >= 0.3 is 0 Å². The molecule has 92 valence electrons. The van der Waals surface area contributed by atoms with Crippen molar-refractivity contribution in [3.8, 4) is 18.0 Å². The van der Waals surface area contributed by atoms with Gasteiger partial charge in [-0.15, -0.1) is 12.3 Å². The Hall–Kier alpha value is -2.16. The van der Waals surface area contributed by atoms with Gasteiger partial charge in [-0.05, 0) is 18.6 Å². The van der Waals surface area contributed by atoms with Crippen molar-refractivity contribution in [1.82, 2.24) is 20.4 Å². The molecular weight excluding hydrogens is 226 g/mol. The predicted octanol–water partition coefficient (Wildman–Crippen LogP) is 1.19. The second-order valence-corrected chi connectivity index (χ2v) is 3.86. The summed E-state index contributed by atoms with van der Waals surface area (Å²) in [6.45, 7) is 0. The first-order chi connectivity index (χ1) is 8.85. The highest BCUT2D eigenvalue weighted by Crippen LogP contribution is 2.15. The zero-order chi connectivity index (χ0) is 12.8. The Labute approximate surface area is 106 Å². The molecule has 5 nitrogen and oxygen atoms in total. The van der Waals surface area contributed by atoms with Crippen molar-refractivity contribution in [3.63, 3.8) is 0 Å². The molecule has 2 rings (SSSR count). The summed E-state index contributed by atoms with van der Waals surface area (Å²) < 4.78 is 0. The summed E-state index contributed by atoms with van der Waals surface area (Å²) in [5, 5.41) is 8.62. The molecule has 1 aromatic heterocycles. The van der Waals surface area contributed by atoms with E-state index in [0.29, 0.717) is 6.42 Å². The smallest absolute Gasteiger partial charge is 0.101 e. The van der Waals surface area contributed by atoms with Gasteiger partial charge in [0.15, 0.2) is 0 Å². The van der Waals surface area contributed by atoms with Gasteiger partial charge in [0.2, 0.25) is 0 Å². The largest absolute Gasteiger partial charge is 0.271 e. The van der Waals surface area contributed by atoms with Crippen LogP contribution in [0.1, 0.15) is 24.6 Å². The Balaban J connectivity index is 2.17. The number of benzene rings is 1. The minimum atomic E-state index is -0.0708. The minimum absolute atomic E-state index is 0.0708. The van der Waals surface area contributed by atoms with E-state index in [1.807, 2.05) is 30.3 Å². The molecule has 1 unspecified atom stereocenters. The van der Waals surface area contributed by atoms with Crippen LogP contribution in [-0.4, -0.2) is 15.0 Å². The summed E-state index contributed by atoms with van der Waals surface area (Å²) in [6, 6.07) is 9.64. The van der Waals surface area contributed by atoms with Gasteiger partial charge in [-0.1, -0.05) is 18.2 Å². The highest BCUT2D eigenvalue weighted by molar-refractivity contribution is 5.28. The maximum atomic E-state index is 5.50. The third-order valence-electron chi connectivity index (χ3n) is 2.63. The molecule has 1 aromatic carbocycles. The van der Waals surface area contributed by atoms with Gasteiger partial charge in [0.25, 0.3) is 0 Å². The quantitative estimate of drug-likeness (QED) is 0.468. The molecule has 1 atom stereocenters. The number of hydrogen-bond donors (Lipinski definition) is 2. The normalized spacial score (nSPS) is 12.0. The summed E-state index contributed by atoms with van der Waals surface area (Å²) in [6.07, 6.45) is 8.33. The van der Waals surface area contributed by atoms with E-state index in [1.54, 1.807) is 11.0 Å².